The number of amides is 2. The number of carbonyl (C=O) groups is 2. The van der Waals surface area contributed by atoms with Crippen molar-refractivity contribution in [1.29, 1.82) is 0 Å². The predicted octanol–water partition coefficient (Wildman–Crippen LogP) is 7.91. The molecule has 12 heteroatoms. The molecule has 2 atom stereocenters. The number of fused-ring (bicyclic) bond motifs is 3. The number of piperidine rings is 1. The molecule has 2 amide bonds. The van der Waals surface area contributed by atoms with Gasteiger partial charge in [-0.2, -0.15) is 4.98 Å². The average molecular weight is 747 g/mol. The molecule has 5 heterocycles. The minimum atomic E-state index is -0.460. The first kappa shape index (κ1) is 33.6. The lowest BCUT2D eigenvalue weighted by Gasteiger charge is -2.34. The number of nitrogens with one attached hydrogen (secondary N) is 2. The number of aromatic nitrogens is 3. The Morgan fingerprint density at radius 3 is 2.67 bits per heavy atom. The molecular formula is C42H40ClFN6O4. The number of carbonyl (C=O) groups excluding carboxylic acids is 2. The van der Waals surface area contributed by atoms with Crippen molar-refractivity contribution in [1.82, 2.24) is 14.5 Å². The third-order valence-corrected chi connectivity index (χ3v) is 12.7. The average Bonchev–Trinajstić information content (AvgIpc) is 4.03. The Kier molecular flexibility index (Phi) is 7.79. The molecule has 4 fully saturated rings. The Morgan fingerprint density at radius 2 is 1.91 bits per heavy atom. The first-order valence-corrected chi connectivity index (χ1v) is 19.2. The molecule has 10 rings (SSSR count). The van der Waals surface area contributed by atoms with Crippen molar-refractivity contribution in [2.24, 2.45) is 5.41 Å². The maximum absolute atomic E-state index is 14.3. The van der Waals surface area contributed by atoms with Crippen LogP contribution in [-0.4, -0.2) is 52.1 Å². The number of benzene rings is 3. The van der Waals surface area contributed by atoms with Gasteiger partial charge in [0.1, 0.15) is 24.1 Å². The zero-order chi connectivity index (χ0) is 36.8. The van der Waals surface area contributed by atoms with Crippen LogP contribution >= 0.6 is 11.6 Å². The maximum Gasteiger partial charge on any atom is 0.255 e. The van der Waals surface area contributed by atoms with E-state index in [1.807, 2.05) is 43.3 Å². The SMILES string of the molecule is Cc1cc(C(=O)Nc2ccc3c(c2)nc(C2CC24CCN(c2cccc(OCc5ccc(Cl)cc5F)n2)CC4)n3C[C@@H]2CCO2)cc2c1NC(=O)C21CC1. The van der Waals surface area contributed by atoms with E-state index in [0.717, 1.165) is 104 Å². The van der Waals surface area contributed by atoms with Crippen molar-refractivity contribution in [3.8, 4) is 5.88 Å². The van der Waals surface area contributed by atoms with Gasteiger partial charge in [-0.1, -0.05) is 23.7 Å². The second-order valence-corrected chi connectivity index (χ2v) is 16.2. The highest BCUT2D eigenvalue weighted by Gasteiger charge is 2.58. The van der Waals surface area contributed by atoms with Crippen LogP contribution in [0.4, 0.5) is 21.6 Å². The molecule has 3 aromatic carbocycles. The van der Waals surface area contributed by atoms with E-state index in [1.165, 1.54) is 6.07 Å². The number of anilines is 3. The van der Waals surface area contributed by atoms with Crippen molar-refractivity contribution < 1.29 is 23.5 Å². The van der Waals surface area contributed by atoms with Gasteiger partial charge in [-0.3, -0.25) is 9.59 Å². The lowest BCUT2D eigenvalue weighted by atomic mass is 9.90. The molecule has 2 spiro atoms. The summed E-state index contributed by atoms with van der Waals surface area (Å²) in [6, 6.07) is 20.0. The molecule has 0 bridgehead atoms. The molecule has 54 heavy (non-hydrogen) atoms. The summed E-state index contributed by atoms with van der Waals surface area (Å²) in [7, 11) is 0. The molecule has 2 aromatic heterocycles. The van der Waals surface area contributed by atoms with Crippen molar-refractivity contribution in [3.63, 3.8) is 0 Å². The largest absolute Gasteiger partial charge is 0.473 e. The number of imidazole rings is 1. The van der Waals surface area contributed by atoms with Gasteiger partial charge < -0.3 is 29.6 Å². The standard InChI is InChI=1S/C42H40ClFN6O4/c1-24-17-26(18-30-37(24)48-40(52)42(30)10-11-42)39(51)45-28-7-8-34-33(20-28)46-38(50(34)22-29-9-16-53-29)31-21-41(31)12-14-49(15-13-41)35-3-2-4-36(47-35)54-23-25-5-6-27(43)19-32(25)44/h2-8,17-20,29,31H,9-16,21-23H2,1H3,(H,45,51)(H,48,52)/t29-,31?/m0/s1. The maximum atomic E-state index is 14.3. The van der Waals surface area contributed by atoms with E-state index < -0.39 is 11.2 Å². The van der Waals surface area contributed by atoms with E-state index in [9.17, 15) is 14.0 Å². The van der Waals surface area contributed by atoms with Gasteiger partial charge in [-0.15, -0.1) is 0 Å². The number of hydrogen-bond donors (Lipinski definition) is 2. The summed E-state index contributed by atoms with van der Waals surface area (Å²) < 4.78 is 28.4. The highest BCUT2D eigenvalue weighted by Crippen LogP contribution is 2.65. The van der Waals surface area contributed by atoms with Crippen LogP contribution in [0.1, 0.15) is 77.3 Å². The number of hydrogen-bond acceptors (Lipinski definition) is 7. The van der Waals surface area contributed by atoms with Crippen LogP contribution in [0, 0.1) is 18.2 Å². The lowest BCUT2D eigenvalue weighted by Crippen LogP contribution is -2.36. The van der Waals surface area contributed by atoms with Crippen LogP contribution in [0.3, 0.4) is 0 Å². The molecule has 276 valence electrons. The molecular weight excluding hydrogens is 707 g/mol. The quantitative estimate of drug-likeness (QED) is 0.158. The Morgan fingerprint density at radius 1 is 1.07 bits per heavy atom. The van der Waals surface area contributed by atoms with Crippen molar-refractivity contribution >= 4 is 51.6 Å². The number of nitrogens with zero attached hydrogens (tertiary/aromatic N) is 4. The third-order valence-electron chi connectivity index (χ3n) is 12.4. The van der Waals surface area contributed by atoms with Crippen LogP contribution in [0.25, 0.3) is 11.0 Å². The molecule has 5 aliphatic rings. The summed E-state index contributed by atoms with van der Waals surface area (Å²) in [5.74, 6) is 2.19. The smallest absolute Gasteiger partial charge is 0.255 e. The lowest BCUT2D eigenvalue weighted by molar-refractivity contribution is -0.117. The number of pyridine rings is 1. The fourth-order valence-corrected chi connectivity index (χ4v) is 9.01. The summed E-state index contributed by atoms with van der Waals surface area (Å²) in [5.41, 5.74) is 5.99. The Labute approximate surface area is 317 Å². The molecule has 10 nitrogen and oxygen atoms in total. The minimum absolute atomic E-state index is 0.0453. The summed E-state index contributed by atoms with van der Waals surface area (Å²) in [5, 5.41) is 6.49. The van der Waals surface area contributed by atoms with E-state index >= 15 is 0 Å². The van der Waals surface area contributed by atoms with Gasteiger partial charge in [0.05, 0.1) is 29.1 Å². The molecule has 2 saturated carbocycles. The Hall–Kier alpha value is -5.00. The topological polar surface area (TPSA) is 111 Å². The van der Waals surface area contributed by atoms with Crippen molar-refractivity contribution in [3.05, 3.63) is 106 Å². The molecule has 2 N–H and O–H groups in total. The Bertz CT molecular complexity index is 2360. The highest BCUT2D eigenvalue weighted by molar-refractivity contribution is 6.30. The number of halogens is 2. The van der Waals surface area contributed by atoms with Gasteiger partial charge in [-0.05, 0) is 111 Å². The van der Waals surface area contributed by atoms with Crippen LogP contribution in [0.5, 0.6) is 5.88 Å². The van der Waals surface area contributed by atoms with E-state index in [0.29, 0.717) is 33.6 Å². The number of aryl methyl sites for hydroxylation is 1. The predicted molar refractivity (Wildman–Crippen MR) is 204 cm³/mol. The van der Waals surface area contributed by atoms with Crippen LogP contribution in [-0.2, 0) is 28.1 Å². The third kappa shape index (κ3) is 5.71. The zero-order valence-electron chi connectivity index (χ0n) is 30.0. The van der Waals surface area contributed by atoms with Crippen molar-refractivity contribution in [2.75, 3.05) is 35.2 Å². The second kappa shape index (κ2) is 12.5. The van der Waals surface area contributed by atoms with Gasteiger partial charge in [-0.25, -0.2) is 9.37 Å². The van der Waals surface area contributed by atoms with Crippen LogP contribution < -0.4 is 20.3 Å². The van der Waals surface area contributed by atoms with E-state index in [-0.39, 0.29) is 29.9 Å². The van der Waals surface area contributed by atoms with Gasteiger partial charge in [0.25, 0.3) is 5.91 Å². The van der Waals surface area contributed by atoms with Crippen LogP contribution in [0.15, 0.2) is 66.7 Å². The normalized spacial score (nSPS) is 21.5. The summed E-state index contributed by atoms with van der Waals surface area (Å²) in [4.78, 5) is 38.5. The fourth-order valence-electron chi connectivity index (χ4n) is 8.86. The molecule has 5 aromatic rings. The van der Waals surface area contributed by atoms with Gasteiger partial charge >= 0.3 is 0 Å². The molecule has 1 unspecified atom stereocenters. The van der Waals surface area contributed by atoms with Gasteiger partial charge in [0.15, 0.2) is 0 Å². The van der Waals surface area contributed by atoms with Gasteiger partial charge in [0, 0.05) is 59.2 Å². The summed E-state index contributed by atoms with van der Waals surface area (Å²) in [6.45, 7) is 5.30. The van der Waals surface area contributed by atoms with Gasteiger partial charge in [0.2, 0.25) is 11.8 Å². The Balaban J connectivity index is 0.844. The minimum Gasteiger partial charge on any atom is -0.473 e. The number of ether oxygens (including phenoxy) is 2. The van der Waals surface area contributed by atoms with E-state index in [2.05, 4.69) is 26.2 Å². The molecule has 2 aliphatic carbocycles. The second-order valence-electron chi connectivity index (χ2n) is 15.7. The fraction of sp³-hybridized carbons (Fsp3) is 0.381. The summed E-state index contributed by atoms with van der Waals surface area (Å²) >= 11 is 5.90. The monoisotopic (exact) mass is 746 g/mol. The zero-order valence-corrected chi connectivity index (χ0v) is 30.7. The van der Waals surface area contributed by atoms with Crippen LogP contribution in [0.2, 0.25) is 5.02 Å². The number of rotatable bonds is 9. The summed E-state index contributed by atoms with van der Waals surface area (Å²) in [6.07, 6.45) is 5.97. The van der Waals surface area contributed by atoms with Crippen molar-refractivity contribution in [2.45, 2.75) is 76.0 Å². The van der Waals surface area contributed by atoms with E-state index in [4.69, 9.17) is 31.0 Å². The highest BCUT2D eigenvalue weighted by atomic mass is 35.5. The first-order valence-electron chi connectivity index (χ1n) is 18.9. The van der Waals surface area contributed by atoms with E-state index in [1.54, 1.807) is 18.2 Å². The molecule has 2 saturated heterocycles. The molecule has 3 aliphatic heterocycles. The molecule has 0 radical (unpaired) electrons. The first-order chi connectivity index (χ1) is 26.2.